The second-order valence-electron chi connectivity index (χ2n) is 3.06. The van der Waals surface area contributed by atoms with E-state index in [1.807, 2.05) is 0 Å². The van der Waals surface area contributed by atoms with Crippen molar-refractivity contribution in [2.45, 2.75) is 25.4 Å². The molecule has 0 bridgehead atoms. The van der Waals surface area contributed by atoms with Crippen LogP contribution in [0.4, 0.5) is 0 Å². The number of nitrogens with zero attached hydrogens (tertiary/aromatic N) is 1. The molecule has 1 unspecified atom stereocenters. The molecule has 0 amide bonds. The second-order valence-corrected chi connectivity index (χ2v) is 3.47. The summed E-state index contributed by atoms with van der Waals surface area (Å²) in [5, 5.41) is 10.3. The van der Waals surface area contributed by atoms with E-state index in [9.17, 15) is 5.11 Å². The minimum absolute atomic E-state index is 0.407. The van der Waals surface area contributed by atoms with Crippen molar-refractivity contribution in [2.24, 2.45) is 0 Å². The molecule has 0 spiro atoms. The molecule has 1 aliphatic carbocycles. The Balaban J connectivity index is 2.53. The monoisotopic (exact) mass is 183 g/mol. The fourth-order valence-electron chi connectivity index (χ4n) is 1.65. The van der Waals surface area contributed by atoms with Crippen molar-refractivity contribution in [3.63, 3.8) is 0 Å². The molecule has 2 nitrogen and oxygen atoms in total. The van der Waals surface area contributed by atoms with E-state index in [-0.39, 0.29) is 0 Å². The zero-order valence-corrected chi connectivity index (χ0v) is 7.38. The first kappa shape index (κ1) is 8.02. The molecule has 0 saturated carbocycles. The van der Waals surface area contributed by atoms with Gasteiger partial charge in [0.05, 0.1) is 6.10 Å². The Hall–Kier alpha value is -0.600. The third-order valence-corrected chi connectivity index (χ3v) is 2.57. The quantitative estimate of drug-likeness (QED) is 0.668. The lowest BCUT2D eigenvalue weighted by molar-refractivity contribution is 0.155. The number of hydrogen-bond acceptors (Lipinski definition) is 2. The van der Waals surface area contributed by atoms with E-state index in [1.165, 1.54) is 0 Å². The highest BCUT2D eigenvalue weighted by atomic mass is 35.5. The zero-order valence-electron chi connectivity index (χ0n) is 6.63. The molecule has 1 heterocycles. The maximum absolute atomic E-state index is 9.62. The zero-order chi connectivity index (χ0) is 8.55. The predicted octanol–water partition coefficient (Wildman–Crippen LogP) is 2.10. The molecular weight excluding hydrogens is 174 g/mol. The van der Waals surface area contributed by atoms with Crippen molar-refractivity contribution in [1.29, 1.82) is 0 Å². The van der Waals surface area contributed by atoms with Gasteiger partial charge < -0.3 is 5.11 Å². The van der Waals surface area contributed by atoms with Crippen LogP contribution in [-0.2, 0) is 6.42 Å². The van der Waals surface area contributed by atoms with Gasteiger partial charge in [0.15, 0.2) is 0 Å². The normalized spacial score (nSPS) is 22.0. The molecule has 0 aromatic carbocycles. The Labute approximate surface area is 76.2 Å². The van der Waals surface area contributed by atoms with Gasteiger partial charge in [-0.25, -0.2) is 0 Å². The van der Waals surface area contributed by atoms with Gasteiger partial charge in [-0.15, -0.1) is 0 Å². The Morgan fingerprint density at radius 1 is 1.58 bits per heavy atom. The second kappa shape index (κ2) is 3.04. The maximum atomic E-state index is 9.62. The first-order valence-electron chi connectivity index (χ1n) is 4.10. The van der Waals surface area contributed by atoms with Crippen molar-refractivity contribution in [2.75, 3.05) is 0 Å². The number of aryl methyl sites for hydroxylation is 1. The summed E-state index contributed by atoms with van der Waals surface area (Å²) in [7, 11) is 0. The summed E-state index contributed by atoms with van der Waals surface area (Å²) in [6.45, 7) is 0. The summed E-state index contributed by atoms with van der Waals surface area (Å²) < 4.78 is 0. The molecule has 12 heavy (non-hydrogen) atoms. The lowest BCUT2D eigenvalue weighted by Crippen LogP contribution is -2.11. The number of aliphatic hydroxyl groups excluding tert-OH is 1. The number of aliphatic hydroxyl groups is 1. The van der Waals surface area contributed by atoms with Crippen LogP contribution in [0.3, 0.4) is 0 Å². The number of aromatic nitrogens is 1. The summed E-state index contributed by atoms with van der Waals surface area (Å²) in [5.74, 6) is 0. The Morgan fingerprint density at radius 2 is 2.42 bits per heavy atom. The van der Waals surface area contributed by atoms with Crippen LogP contribution >= 0.6 is 11.6 Å². The maximum Gasteiger partial charge on any atom is 0.0822 e. The fourth-order valence-corrected chi connectivity index (χ4v) is 1.94. The van der Waals surface area contributed by atoms with Crippen molar-refractivity contribution in [1.82, 2.24) is 4.98 Å². The van der Waals surface area contributed by atoms with Gasteiger partial charge in [-0.2, -0.15) is 0 Å². The predicted molar refractivity (Wildman–Crippen MR) is 47.1 cm³/mol. The fraction of sp³-hybridized carbons (Fsp3) is 0.444. The number of rotatable bonds is 0. The molecular formula is C9H10ClNO. The largest absolute Gasteiger partial charge is 0.388 e. The molecule has 3 heteroatoms. The third kappa shape index (κ3) is 1.21. The van der Waals surface area contributed by atoms with E-state index in [2.05, 4.69) is 4.98 Å². The van der Waals surface area contributed by atoms with Gasteiger partial charge in [-0.05, 0) is 25.3 Å². The van der Waals surface area contributed by atoms with E-state index >= 15 is 0 Å². The molecule has 0 aliphatic heterocycles. The number of halogens is 1. The summed E-state index contributed by atoms with van der Waals surface area (Å²) in [6, 6.07) is 1.73. The Kier molecular flexibility index (Phi) is 2.03. The average Bonchev–Trinajstić information content (AvgIpc) is 2.04. The Bertz CT molecular complexity index is 301. The summed E-state index contributed by atoms with van der Waals surface area (Å²) in [6.07, 6.45) is 4.03. The molecule has 0 radical (unpaired) electrons. The van der Waals surface area contributed by atoms with Crippen LogP contribution in [0.25, 0.3) is 0 Å². The molecule has 64 valence electrons. The summed E-state index contributed by atoms with van der Waals surface area (Å²) in [5.41, 5.74) is 1.80. The standard InChI is InChI=1S/C9H10ClNO/c10-6-4-5-11-7-2-1-3-8(12)9(6)7/h4-5,8,12H,1-3H2. The number of pyridine rings is 1. The smallest absolute Gasteiger partial charge is 0.0822 e. The van der Waals surface area contributed by atoms with Crippen molar-refractivity contribution in [3.8, 4) is 0 Å². The van der Waals surface area contributed by atoms with E-state index in [4.69, 9.17) is 11.6 Å². The van der Waals surface area contributed by atoms with Crippen LogP contribution in [0.1, 0.15) is 30.2 Å². The van der Waals surface area contributed by atoms with Crippen LogP contribution < -0.4 is 0 Å². The average molecular weight is 184 g/mol. The number of hydrogen-bond donors (Lipinski definition) is 1. The summed E-state index contributed by atoms with van der Waals surface area (Å²) >= 11 is 5.94. The Morgan fingerprint density at radius 3 is 3.17 bits per heavy atom. The minimum atomic E-state index is -0.407. The SMILES string of the molecule is OC1CCCc2nccc(Cl)c21. The summed E-state index contributed by atoms with van der Waals surface area (Å²) in [4.78, 5) is 4.19. The van der Waals surface area contributed by atoms with Gasteiger partial charge in [0.1, 0.15) is 0 Å². The first-order chi connectivity index (χ1) is 5.79. The lowest BCUT2D eigenvalue weighted by Gasteiger charge is -2.20. The third-order valence-electron chi connectivity index (χ3n) is 2.24. The highest BCUT2D eigenvalue weighted by Gasteiger charge is 2.21. The van der Waals surface area contributed by atoms with Gasteiger partial charge >= 0.3 is 0 Å². The van der Waals surface area contributed by atoms with Crippen LogP contribution in [0.5, 0.6) is 0 Å². The van der Waals surface area contributed by atoms with E-state index in [0.717, 1.165) is 30.5 Å². The number of fused-ring (bicyclic) bond motifs is 1. The van der Waals surface area contributed by atoms with Crippen LogP contribution in [0.15, 0.2) is 12.3 Å². The van der Waals surface area contributed by atoms with Crippen LogP contribution in [0, 0.1) is 0 Å². The molecule has 1 N–H and O–H groups in total. The van der Waals surface area contributed by atoms with Crippen molar-refractivity contribution >= 4 is 11.6 Å². The van der Waals surface area contributed by atoms with E-state index in [0.29, 0.717) is 5.02 Å². The van der Waals surface area contributed by atoms with Crippen LogP contribution in [-0.4, -0.2) is 10.1 Å². The van der Waals surface area contributed by atoms with Gasteiger partial charge in [-0.1, -0.05) is 11.6 Å². The van der Waals surface area contributed by atoms with E-state index in [1.54, 1.807) is 12.3 Å². The van der Waals surface area contributed by atoms with Crippen molar-refractivity contribution < 1.29 is 5.11 Å². The lowest BCUT2D eigenvalue weighted by atomic mass is 9.93. The molecule has 0 fully saturated rings. The molecule has 1 aliphatic rings. The minimum Gasteiger partial charge on any atom is -0.388 e. The molecule has 1 aromatic heterocycles. The van der Waals surface area contributed by atoms with Crippen molar-refractivity contribution in [3.05, 3.63) is 28.5 Å². The topological polar surface area (TPSA) is 33.1 Å². The van der Waals surface area contributed by atoms with Crippen LogP contribution in [0.2, 0.25) is 5.02 Å². The molecule has 2 rings (SSSR count). The highest BCUT2D eigenvalue weighted by Crippen LogP contribution is 2.33. The van der Waals surface area contributed by atoms with E-state index < -0.39 is 6.10 Å². The van der Waals surface area contributed by atoms with Gasteiger partial charge in [0.25, 0.3) is 0 Å². The van der Waals surface area contributed by atoms with Gasteiger partial charge in [0.2, 0.25) is 0 Å². The van der Waals surface area contributed by atoms with Gasteiger partial charge in [0, 0.05) is 22.5 Å². The molecule has 1 aromatic rings. The van der Waals surface area contributed by atoms with Gasteiger partial charge in [-0.3, -0.25) is 4.98 Å². The first-order valence-corrected chi connectivity index (χ1v) is 4.48. The molecule has 1 atom stereocenters. The highest BCUT2D eigenvalue weighted by molar-refractivity contribution is 6.31. The molecule has 0 saturated heterocycles.